The van der Waals surface area contributed by atoms with Gasteiger partial charge in [0.05, 0.1) is 3.57 Å². The van der Waals surface area contributed by atoms with Gasteiger partial charge < -0.3 is 50.3 Å². The van der Waals surface area contributed by atoms with Crippen LogP contribution in [0.15, 0.2) is 297 Å². The summed E-state index contributed by atoms with van der Waals surface area (Å²) in [5, 5.41) is 16.8. The fourth-order valence-corrected chi connectivity index (χ4v) is 11.2. The molecule has 11 aromatic carbocycles. The Labute approximate surface area is 691 Å². The SMILES string of the molecule is CCCCNCCc1ccc(OCc2ccccc2)cc1.CCCNCCc1ccc(OCc2ccccc2)cc1.CCNCCc1ccc(OCc2ccccc2)cc1.CNCCc1ccc(OCc2ccccc2)c(I)c1.Cl.Cl.Cl.Cl.Cl.c1ccc(CNCCc2ccc(OCc3ccccc3)cc2)cc1. The van der Waals surface area contributed by atoms with E-state index in [2.05, 4.69) is 258 Å². The fraction of sp³-hybridized carbons (Fsp3) is 0.283. The minimum atomic E-state index is 0. The average Bonchev–Trinajstić information content (AvgIpc) is 0.880. The molecule has 0 spiro atoms. The molecule has 10 nitrogen and oxygen atoms in total. The van der Waals surface area contributed by atoms with Crippen LogP contribution in [0.2, 0.25) is 0 Å². The Balaban J connectivity index is 0.000000454. The Morgan fingerprint density at radius 2 is 0.546 bits per heavy atom. The van der Waals surface area contributed by atoms with Gasteiger partial charge in [-0.25, -0.2) is 0 Å². The number of ether oxygens (including phenoxy) is 5. The van der Waals surface area contributed by atoms with E-state index in [0.717, 1.165) is 120 Å². The van der Waals surface area contributed by atoms with Gasteiger partial charge in [0.2, 0.25) is 0 Å². The molecule has 5 N–H and O–H groups in total. The highest BCUT2D eigenvalue weighted by Gasteiger charge is 2.06. The lowest BCUT2D eigenvalue weighted by Crippen LogP contribution is -2.18. The number of hydrogen-bond donors (Lipinski definition) is 5. The molecule has 0 radical (unpaired) electrons. The number of unbranched alkanes of at least 4 members (excludes halogenated alkanes) is 1. The molecule has 0 heterocycles. The van der Waals surface area contributed by atoms with Crippen molar-refractivity contribution in [2.45, 2.75) is 112 Å². The second kappa shape index (κ2) is 62.2. The van der Waals surface area contributed by atoms with E-state index in [0.29, 0.717) is 33.0 Å². The minimum absolute atomic E-state index is 0. The molecule has 0 saturated heterocycles. The molecule has 16 heteroatoms. The first-order valence-corrected chi connectivity index (χ1v) is 37.9. The number of hydrogen-bond acceptors (Lipinski definition) is 10. The largest absolute Gasteiger partial charge is 0.489 e. The van der Waals surface area contributed by atoms with Crippen LogP contribution in [0.25, 0.3) is 0 Å². The van der Waals surface area contributed by atoms with Gasteiger partial charge in [-0.05, 0) is 249 Å². The van der Waals surface area contributed by atoms with E-state index >= 15 is 0 Å². The van der Waals surface area contributed by atoms with Crippen molar-refractivity contribution in [2.75, 3.05) is 59.4 Å². The number of rotatable bonds is 38. The summed E-state index contributed by atoms with van der Waals surface area (Å²) in [5.41, 5.74) is 14.0. The molecule has 0 amide bonds. The topological polar surface area (TPSA) is 106 Å². The maximum atomic E-state index is 5.86. The summed E-state index contributed by atoms with van der Waals surface area (Å²) in [5.74, 6) is 4.66. The summed E-state index contributed by atoms with van der Waals surface area (Å²) in [6, 6.07) is 102. The number of halogens is 6. The van der Waals surface area contributed by atoms with Gasteiger partial charge in [-0.1, -0.05) is 264 Å². The van der Waals surface area contributed by atoms with E-state index in [9.17, 15) is 0 Å². The van der Waals surface area contributed by atoms with Gasteiger partial charge in [0.1, 0.15) is 61.8 Å². The van der Waals surface area contributed by atoms with Crippen molar-refractivity contribution < 1.29 is 23.7 Å². The lowest BCUT2D eigenvalue weighted by molar-refractivity contribution is 0.304. The molecule has 0 atom stereocenters. The van der Waals surface area contributed by atoms with Crippen molar-refractivity contribution in [3.05, 3.63) is 362 Å². The summed E-state index contributed by atoms with van der Waals surface area (Å²) >= 11 is 2.34. The van der Waals surface area contributed by atoms with Crippen LogP contribution in [0.1, 0.15) is 101 Å². The first-order valence-electron chi connectivity index (χ1n) is 36.8. The standard InChI is InChI=1S/C22H23NO.C19H25NO.C18H23NO.C17H21NO.C16H18INO.5ClH/c1-3-7-20(8-4-1)17-23-16-15-19-11-13-22(14-12-19)24-18-21-9-5-2-6-10-21;1-2-3-14-20-15-13-17-9-11-19(12-10-17)21-16-18-7-5-4-6-8-18;1-2-13-19-14-12-16-8-10-18(11-9-16)20-15-17-6-4-3-5-7-17;1-2-18-13-12-15-8-10-17(11-9-15)19-14-16-6-4-3-5-7-16;1-18-10-9-13-7-8-16(15(17)11-13)19-12-14-5-3-2-4-6-14;;;;;/h1-14,23H,15-18H2;4-12,20H,2-3,13-16H2,1H3;3-11,19H,2,12-15H2,1H3;3-11,18H,2,12-14H2,1H3;2-8,11,18H,9-10,12H2,1H3;5*1H. The molecule has 0 aliphatic heterocycles. The average molecular weight is 1680 g/mol. The second-order valence-electron chi connectivity index (χ2n) is 24.9. The van der Waals surface area contributed by atoms with Crippen molar-refractivity contribution in [1.29, 1.82) is 0 Å². The quantitative estimate of drug-likeness (QED) is 0.0190. The lowest BCUT2D eigenvalue weighted by atomic mass is 10.1. The molecule has 0 bridgehead atoms. The summed E-state index contributed by atoms with van der Waals surface area (Å²) in [7, 11) is 1.97. The predicted molar refractivity (Wildman–Crippen MR) is 475 cm³/mol. The van der Waals surface area contributed by atoms with Crippen molar-refractivity contribution in [3.8, 4) is 28.7 Å². The highest BCUT2D eigenvalue weighted by molar-refractivity contribution is 14.1. The molecule has 0 unspecified atom stereocenters. The molecular weight excluding hydrogens is 1560 g/mol. The van der Waals surface area contributed by atoms with E-state index in [4.69, 9.17) is 23.7 Å². The molecule has 580 valence electrons. The Morgan fingerprint density at radius 1 is 0.259 bits per heavy atom. The maximum Gasteiger partial charge on any atom is 0.133 e. The van der Waals surface area contributed by atoms with Gasteiger partial charge in [0.25, 0.3) is 0 Å². The molecular formula is C92H115Cl5IN5O5. The van der Waals surface area contributed by atoms with Gasteiger partial charge >= 0.3 is 0 Å². The minimum Gasteiger partial charge on any atom is -0.489 e. The third-order valence-corrected chi connectivity index (χ3v) is 17.3. The summed E-state index contributed by atoms with van der Waals surface area (Å²) in [4.78, 5) is 0. The zero-order valence-corrected chi connectivity index (χ0v) is 69.5. The van der Waals surface area contributed by atoms with E-state index in [1.54, 1.807) is 0 Å². The highest BCUT2D eigenvalue weighted by Crippen LogP contribution is 2.24. The summed E-state index contributed by atoms with van der Waals surface area (Å²) in [6.07, 6.45) is 8.96. The van der Waals surface area contributed by atoms with Crippen LogP contribution in [0.4, 0.5) is 0 Å². The van der Waals surface area contributed by atoms with Gasteiger partial charge in [-0.15, -0.1) is 62.0 Å². The Bertz CT molecular complexity index is 3870. The van der Waals surface area contributed by atoms with Crippen LogP contribution >= 0.6 is 84.6 Å². The molecule has 11 rings (SSSR count). The van der Waals surface area contributed by atoms with Crippen molar-refractivity contribution in [3.63, 3.8) is 0 Å². The molecule has 11 aromatic rings. The van der Waals surface area contributed by atoms with Crippen LogP contribution in [0, 0.1) is 3.57 Å². The normalized spacial score (nSPS) is 9.97. The predicted octanol–water partition coefficient (Wildman–Crippen LogP) is 21.8. The molecule has 0 aliphatic carbocycles. The zero-order valence-electron chi connectivity index (χ0n) is 63.3. The lowest BCUT2D eigenvalue weighted by Gasteiger charge is -2.10. The van der Waals surface area contributed by atoms with Gasteiger partial charge in [0.15, 0.2) is 0 Å². The van der Waals surface area contributed by atoms with Crippen molar-refractivity contribution >= 4 is 84.6 Å². The molecule has 108 heavy (non-hydrogen) atoms. The zero-order chi connectivity index (χ0) is 72.1. The Morgan fingerprint density at radius 3 is 0.852 bits per heavy atom. The molecule has 0 aromatic heterocycles. The van der Waals surface area contributed by atoms with Crippen molar-refractivity contribution in [1.82, 2.24) is 26.6 Å². The van der Waals surface area contributed by atoms with E-state index in [1.807, 2.05) is 116 Å². The first-order chi connectivity index (χ1) is 50.8. The van der Waals surface area contributed by atoms with Gasteiger partial charge in [0, 0.05) is 6.54 Å². The summed E-state index contributed by atoms with van der Waals surface area (Å²) in [6.45, 7) is 18.9. The van der Waals surface area contributed by atoms with Gasteiger partial charge in [-0.2, -0.15) is 0 Å². The maximum absolute atomic E-state index is 5.86. The molecule has 0 aliphatic rings. The number of nitrogens with one attached hydrogen (secondary N) is 5. The Kier molecular flexibility index (Phi) is 55.6. The highest BCUT2D eigenvalue weighted by atomic mass is 127. The third-order valence-electron chi connectivity index (χ3n) is 16.5. The Hall–Kier alpha value is -7.60. The number of benzene rings is 11. The van der Waals surface area contributed by atoms with E-state index in [-0.39, 0.29) is 62.0 Å². The van der Waals surface area contributed by atoms with Crippen molar-refractivity contribution in [2.24, 2.45) is 0 Å². The molecule has 0 saturated carbocycles. The first kappa shape index (κ1) is 96.5. The van der Waals surface area contributed by atoms with Gasteiger partial charge in [-0.3, -0.25) is 0 Å². The van der Waals surface area contributed by atoms with E-state index in [1.165, 1.54) is 84.0 Å². The van der Waals surface area contributed by atoms with Crippen LogP contribution in [0.5, 0.6) is 28.7 Å². The second-order valence-corrected chi connectivity index (χ2v) is 26.1. The fourth-order valence-electron chi connectivity index (χ4n) is 10.5. The third kappa shape index (κ3) is 43.0. The van der Waals surface area contributed by atoms with Crippen LogP contribution in [-0.2, 0) is 71.7 Å². The smallest absolute Gasteiger partial charge is 0.133 e. The van der Waals surface area contributed by atoms with Crippen LogP contribution in [-0.4, -0.2) is 59.4 Å². The van der Waals surface area contributed by atoms with Crippen LogP contribution in [0.3, 0.4) is 0 Å². The number of likely N-dealkylation sites (N-methyl/N-ethyl adjacent to an activating group) is 2. The van der Waals surface area contributed by atoms with Crippen LogP contribution < -0.4 is 50.3 Å². The molecule has 0 fully saturated rings. The summed E-state index contributed by atoms with van der Waals surface area (Å²) < 4.78 is 30.2. The monoisotopic (exact) mass is 1670 g/mol. The van der Waals surface area contributed by atoms with E-state index < -0.39 is 0 Å².